The largest absolute Gasteiger partial charge is 0.550 e. The average Bonchev–Trinajstić information content (AvgIpc) is 2.41. The van der Waals surface area contributed by atoms with Crippen LogP contribution in [0.4, 0.5) is 0 Å². The zero-order chi connectivity index (χ0) is 15.1. The zero-order valence-electron chi connectivity index (χ0n) is 11.6. The highest BCUT2D eigenvalue weighted by Crippen LogP contribution is 2.26. The number of methoxy groups -OCH3 is 2. The third kappa shape index (κ3) is 4.87. The van der Waals surface area contributed by atoms with E-state index >= 15 is 0 Å². The monoisotopic (exact) mass is 309 g/mol. The van der Waals surface area contributed by atoms with E-state index in [4.69, 9.17) is 14.2 Å². The number of hydrogen-bond acceptors (Lipinski definition) is 8. The molecule has 5 atom stereocenters. The number of rotatable bonds is 8. The molecular formula is C12H21O7S-. The van der Waals surface area contributed by atoms with Gasteiger partial charge in [-0.3, -0.25) is 0 Å². The van der Waals surface area contributed by atoms with E-state index in [-0.39, 0.29) is 6.42 Å². The Balaban J connectivity index is 2.43. The van der Waals surface area contributed by atoms with Gasteiger partial charge >= 0.3 is 0 Å². The first-order chi connectivity index (χ1) is 9.51. The average molecular weight is 309 g/mol. The van der Waals surface area contributed by atoms with E-state index in [0.29, 0.717) is 17.9 Å². The first-order valence-electron chi connectivity index (χ1n) is 6.36. The maximum Gasteiger partial charge on any atom is 0.186 e. The van der Waals surface area contributed by atoms with Crippen molar-refractivity contribution in [2.24, 2.45) is 0 Å². The molecule has 0 aliphatic carbocycles. The highest BCUT2D eigenvalue weighted by molar-refractivity contribution is 7.99. The summed E-state index contributed by atoms with van der Waals surface area (Å²) < 4.78 is 15.7. The van der Waals surface area contributed by atoms with Crippen LogP contribution in [0.2, 0.25) is 0 Å². The van der Waals surface area contributed by atoms with Crippen molar-refractivity contribution < 1.29 is 34.3 Å². The molecule has 20 heavy (non-hydrogen) atoms. The van der Waals surface area contributed by atoms with Gasteiger partial charge in [-0.05, 0) is 18.6 Å². The fourth-order valence-corrected chi connectivity index (χ4v) is 3.06. The standard InChI is InChI=1S/C12H22O7S/c1-17-11-7(6-20-5-3-4-8(13)14)19-12(18-2)10(16)9(11)15/h7,9-12,15-16H,3-6H2,1-2H3,(H,13,14)/p-1/t7?,9-,10?,11-,12+/m1/s1. The Morgan fingerprint density at radius 2 is 2.00 bits per heavy atom. The van der Waals surface area contributed by atoms with Gasteiger partial charge in [0, 0.05) is 25.9 Å². The molecule has 1 aliphatic rings. The second kappa shape index (κ2) is 8.81. The molecule has 0 bridgehead atoms. The van der Waals surface area contributed by atoms with Crippen LogP contribution >= 0.6 is 11.8 Å². The number of aliphatic carboxylic acids is 1. The first-order valence-corrected chi connectivity index (χ1v) is 7.51. The van der Waals surface area contributed by atoms with Crippen LogP contribution in [0.25, 0.3) is 0 Å². The molecule has 0 amide bonds. The van der Waals surface area contributed by atoms with Crippen LogP contribution in [-0.2, 0) is 19.0 Å². The highest BCUT2D eigenvalue weighted by Gasteiger charge is 2.44. The number of carbonyl (C=O) groups excluding carboxylic acids is 1. The summed E-state index contributed by atoms with van der Waals surface area (Å²) >= 11 is 1.49. The molecule has 0 aromatic carbocycles. The molecule has 7 nitrogen and oxygen atoms in total. The summed E-state index contributed by atoms with van der Waals surface area (Å²) in [6.07, 6.45) is -3.70. The van der Waals surface area contributed by atoms with Gasteiger partial charge < -0.3 is 34.3 Å². The van der Waals surface area contributed by atoms with E-state index in [1.807, 2.05) is 0 Å². The van der Waals surface area contributed by atoms with Crippen molar-refractivity contribution in [1.29, 1.82) is 0 Å². The Morgan fingerprint density at radius 3 is 2.55 bits per heavy atom. The van der Waals surface area contributed by atoms with Crippen LogP contribution in [-0.4, -0.2) is 72.6 Å². The molecule has 1 rings (SSSR count). The van der Waals surface area contributed by atoms with Gasteiger partial charge in [-0.25, -0.2) is 0 Å². The maximum absolute atomic E-state index is 10.3. The highest BCUT2D eigenvalue weighted by atomic mass is 32.2. The van der Waals surface area contributed by atoms with Gasteiger partial charge in [0.1, 0.15) is 18.3 Å². The lowest BCUT2D eigenvalue weighted by molar-refractivity contribution is -0.305. The molecule has 0 saturated carbocycles. The normalized spacial score (nSPS) is 34.1. The molecule has 0 aromatic rings. The summed E-state index contributed by atoms with van der Waals surface area (Å²) in [5.41, 5.74) is 0. The van der Waals surface area contributed by atoms with E-state index in [0.717, 1.165) is 0 Å². The van der Waals surface area contributed by atoms with Crippen molar-refractivity contribution in [2.75, 3.05) is 25.7 Å². The molecule has 1 fully saturated rings. The van der Waals surface area contributed by atoms with Crippen molar-refractivity contribution in [2.45, 2.75) is 43.5 Å². The Bertz CT molecular complexity index is 302. The van der Waals surface area contributed by atoms with Gasteiger partial charge in [0.25, 0.3) is 0 Å². The lowest BCUT2D eigenvalue weighted by Crippen LogP contribution is -2.59. The van der Waals surface area contributed by atoms with E-state index in [2.05, 4.69) is 0 Å². The van der Waals surface area contributed by atoms with Gasteiger partial charge in [-0.15, -0.1) is 0 Å². The van der Waals surface area contributed by atoms with Gasteiger partial charge in [0.15, 0.2) is 6.29 Å². The van der Waals surface area contributed by atoms with Crippen LogP contribution < -0.4 is 5.11 Å². The van der Waals surface area contributed by atoms with Crippen molar-refractivity contribution in [3.8, 4) is 0 Å². The summed E-state index contributed by atoms with van der Waals surface area (Å²) in [4.78, 5) is 10.3. The Labute approximate surface area is 122 Å². The number of aliphatic hydroxyl groups excluding tert-OH is 2. The number of hydrogen-bond donors (Lipinski definition) is 2. The summed E-state index contributed by atoms with van der Waals surface area (Å²) in [7, 11) is 2.82. The maximum atomic E-state index is 10.3. The van der Waals surface area contributed by atoms with Crippen molar-refractivity contribution >= 4 is 17.7 Å². The topological polar surface area (TPSA) is 108 Å². The minimum Gasteiger partial charge on any atom is -0.550 e. The van der Waals surface area contributed by atoms with E-state index in [1.54, 1.807) is 0 Å². The Hall–Kier alpha value is -0.380. The van der Waals surface area contributed by atoms with Gasteiger partial charge in [-0.2, -0.15) is 11.8 Å². The summed E-state index contributed by atoms with van der Waals surface area (Å²) in [5, 5.41) is 30.0. The quantitative estimate of drug-likeness (QED) is 0.514. The third-order valence-corrected chi connectivity index (χ3v) is 4.24. The van der Waals surface area contributed by atoms with E-state index in [1.165, 1.54) is 26.0 Å². The molecule has 8 heteroatoms. The number of carboxylic acids is 1. The first kappa shape index (κ1) is 17.7. The fourth-order valence-electron chi connectivity index (χ4n) is 2.04. The summed E-state index contributed by atoms with van der Waals surface area (Å²) in [5.74, 6) is 0.0859. The van der Waals surface area contributed by atoms with Crippen LogP contribution in [0.1, 0.15) is 12.8 Å². The second-order valence-corrected chi connectivity index (χ2v) is 5.66. The van der Waals surface area contributed by atoms with Crippen LogP contribution in [0.15, 0.2) is 0 Å². The lowest BCUT2D eigenvalue weighted by Gasteiger charge is -2.41. The SMILES string of the molecule is CO[C@H]1OC(CSCCCC(=O)[O-])[C@@H](OC)[C@H](O)C1O. The Morgan fingerprint density at radius 1 is 1.30 bits per heavy atom. The minimum absolute atomic E-state index is 0.0221. The molecule has 1 aliphatic heterocycles. The van der Waals surface area contributed by atoms with Crippen LogP contribution in [0, 0.1) is 0 Å². The van der Waals surface area contributed by atoms with Crippen molar-refractivity contribution in [3.63, 3.8) is 0 Å². The molecule has 118 valence electrons. The fraction of sp³-hybridized carbons (Fsp3) is 0.917. The smallest absolute Gasteiger partial charge is 0.186 e. The van der Waals surface area contributed by atoms with Crippen LogP contribution in [0.5, 0.6) is 0 Å². The second-order valence-electron chi connectivity index (χ2n) is 4.51. The van der Waals surface area contributed by atoms with E-state index < -0.39 is 36.7 Å². The number of carbonyl (C=O) groups is 1. The molecule has 1 saturated heterocycles. The molecule has 2 unspecified atom stereocenters. The predicted octanol–water partition coefficient (Wildman–Crippen LogP) is -1.64. The van der Waals surface area contributed by atoms with Crippen LogP contribution in [0.3, 0.4) is 0 Å². The number of aliphatic hydroxyl groups is 2. The molecular weight excluding hydrogens is 288 g/mol. The molecule has 0 spiro atoms. The number of ether oxygens (including phenoxy) is 3. The summed E-state index contributed by atoms with van der Waals surface area (Å²) in [6.45, 7) is 0. The molecule has 2 N–H and O–H groups in total. The van der Waals surface area contributed by atoms with Crippen molar-refractivity contribution in [3.05, 3.63) is 0 Å². The lowest BCUT2D eigenvalue weighted by atomic mass is 10.00. The summed E-state index contributed by atoms with van der Waals surface area (Å²) in [6, 6.07) is 0. The Kier molecular flexibility index (Phi) is 7.78. The zero-order valence-corrected chi connectivity index (χ0v) is 12.4. The van der Waals surface area contributed by atoms with E-state index in [9.17, 15) is 20.1 Å². The number of thioether (sulfide) groups is 1. The minimum atomic E-state index is -1.16. The molecule has 0 radical (unpaired) electrons. The predicted molar refractivity (Wildman–Crippen MR) is 70.0 cm³/mol. The number of carboxylic acid groups (broad SMARTS) is 1. The van der Waals surface area contributed by atoms with Gasteiger partial charge in [-0.1, -0.05) is 0 Å². The molecule has 1 heterocycles. The van der Waals surface area contributed by atoms with Gasteiger partial charge in [0.2, 0.25) is 0 Å². The van der Waals surface area contributed by atoms with Crippen molar-refractivity contribution in [1.82, 2.24) is 0 Å². The third-order valence-electron chi connectivity index (χ3n) is 3.10. The van der Waals surface area contributed by atoms with Gasteiger partial charge in [0.05, 0.1) is 6.10 Å². The molecule has 0 aromatic heterocycles.